The molecule has 186 valence electrons. The summed E-state index contributed by atoms with van der Waals surface area (Å²) in [5, 5.41) is 8.84. The number of nitrogens with zero attached hydrogens (tertiary/aromatic N) is 3. The Kier molecular flexibility index (Phi) is 8.22. The average molecular weight is 508 g/mol. The van der Waals surface area contributed by atoms with Gasteiger partial charge in [0.05, 0.1) is 37.6 Å². The molecule has 0 unspecified atom stereocenters. The lowest BCUT2D eigenvalue weighted by molar-refractivity contribution is -0.122. The van der Waals surface area contributed by atoms with Gasteiger partial charge in [0.25, 0.3) is 5.91 Å². The number of halogens is 1. The van der Waals surface area contributed by atoms with E-state index in [9.17, 15) is 9.18 Å². The summed E-state index contributed by atoms with van der Waals surface area (Å²) in [6.45, 7) is 4.91. The zero-order valence-corrected chi connectivity index (χ0v) is 21.0. The zero-order valence-electron chi connectivity index (χ0n) is 20.2. The van der Waals surface area contributed by atoms with Gasteiger partial charge in [-0.05, 0) is 65.7 Å². The number of benzene rings is 2. The maximum Gasteiger partial charge on any atom is 0.267 e. The van der Waals surface area contributed by atoms with E-state index in [0.717, 1.165) is 17.3 Å². The van der Waals surface area contributed by atoms with Crippen molar-refractivity contribution < 1.29 is 23.1 Å². The van der Waals surface area contributed by atoms with Crippen LogP contribution in [0.4, 0.5) is 4.39 Å². The van der Waals surface area contributed by atoms with Gasteiger partial charge in [0.2, 0.25) is 0 Å². The molecule has 4 rings (SSSR count). The van der Waals surface area contributed by atoms with E-state index in [-0.39, 0.29) is 12.5 Å². The number of thioether (sulfide) groups is 1. The highest BCUT2D eigenvalue weighted by molar-refractivity contribution is 8.18. The standard InChI is InChI=1S/C27H26FN3O4S/c1-18(2)17-35-23-11-10-19(13-24(23)33-3)15-29-30-27-31(16-21-8-6-12-34-21)26(32)25(36-27)14-20-7-4-5-9-22(20)28/h4-15,18H,16-17H2,1-3H3/b25-14-,29-15-,30-27+. The lowest BCUT2D eigenvalue weighted by atomic mass is 10.2. The van der Waals surface area contributed by atoms with Gasteiger partial charge in [0.1, 0.15) is 11.6 Å². The van der Waals surface area contributed by atoms with Crippen LogP contribution in [-0.4, -0.2) is 35.9 Å². The molecule has 1 aliphatic rings. The number of amides is 1. The predicted molar refractivity (Wildman–Crippen MR) is 140 cm³/mol. The van der Waals surface area contributed by atoms with Crippen LogP contribution in [0.3, 0.4) is 0 Å². The molecule has 0 spiro atoms. The Morgan fingerprint density at radius 3 is 2.69 bits per heavy atom. The second kappa shape index (κ2) is 11.7. The van der Waals surface area contributed by atoms with Gasteiger partial charge < -0.3 is 13.9 Å². The van der Waals surface area contributed by atoms with Gasteiger partial charge in [0, 0.05) is 5.56 Å². The fourth-order valence-corrected chi connectivity index (χ4v) is 4.22. The van der Waals surface area contributed by atoms with E-state index in [1.54, 1.807) is 49.7 Å². The quantitative estimate of drug-likeness (QED) is 0.203. The predicted octanol–water partition coefficient (Wildman–Crippen LogP) is 5.97. The van der Waals surface area contributed by atoms with Crippen molar-refractivity contribution in [2.45, 2.75) is 20.4 Å². The molecule has 1 aliphatic heterocycles. The average Bonchev–Trinajstić information content (AvgIpc) is 3.48. The Balaban J connectivity index is 1.58. The maximum atomic E-state index is 14.2. The van der Waals surface area contributed by atoms with Gasteiger partial charge in [-0.3, -0.25) is 9.69 Å². The minimum absolute atomic E-state index is 0.178. The van der Waals surface area contributed by atoms with E-state index in [4.69, 9.17) is 13.9 Å². The molecule has 0 radical (unpaired) electrons. The van der Waals surface area contributed by atoms with Gasteiger partial charge >= 0.3 is 0 Å². The van der Waals surface area contributed by atoms with Crippen LogP contribution >= 0.6 is 11.8 Å². The number of carbonyl (C=O) groups is 1. The van der Waals surface area contributed by atoms with E-state index >= 15 is 0 Å². The summed E-state index contributed by atoms with van der Waals surface area (Å²) in [4.78, 5) is 14.9. The summed E-state index contributed by atoms with van der Waals surface area (Å²) in [6.07, 6.45) is 4.62. The van der Waals surface area contributed by atoms with E-state index in [1.165, 1.54) is 23.3 Å². The fraction of sp³-hybridized carbons (Fsp3) is 0.222. The summed E-state index contributed by atoms with van der Waals surface area (Å²) in [6, 6.07) is 15.3. The summed E-state index contributed by atoms with van der Waals surface area (Å²) < 4.78 is 30.8. The highest BCUT2D eigenvalue weighted by Crippen LogP contribution is 2.34. The Hall–Kier alpha value is -3.85. The first-order chi connectivity index (χ1) is 17.4. The summed E-state index contributed by atoms with van der Waals surface area (Å²) >= 11 is 1.13. The van der Waals surface area contributed by atoms with Crippen molar-refractivity contribution in [2.24, 2.45) is 16.1 Å². The summed E-state index contributed by atoms with van der Waals surface area (Å²) in [5.41, 5.74) is 1.07. The van der Waals surface area contributed by atoms with Crippen LogP contribution in [0.1, 0.15) is 30.7 Å². The van der Waals surface area contributed by atoms with Crippen molar-refractivity contribution in [3.8, 4) is 11.5 Å². The van der Waals surface area contributed by atoms with Crippen molar-refractivity contribution in [2.75, 3.05) is 13.7 Å². The van der Waals surface area contributed by atoms with Gasteiger partial charge in [-0.25, -0.2) is 4.39 Å². The first-order valence-electron chi connectivity index (χ1n) is 11.3. The molecule has 1 amide bonds. The molecule has 0 N–H and O–H groups in total. The second-order valence-corrected chi connectivity index (χ2v) is 9.35. The van der Waals surface area contributed by atoms with Crippen LogP contribution < -0.4 is 9.47 Å². The molecule has 0 saturated carbocycles. The lowest BCUT2D eigenvalue weighted by Gasteiger charge is -2.13. The molecule has 0 bridgehead atoms. The lowest BCUT2D eigenvalue weighted by Crippen LogP contribution is -2.28. The largest absolute Gasteiger partial charge is 0.493 e. The Labute approximate surface area is 213 Å². The number of furan rings is 1. The third kappa shape index (κ3) is 6.23. The van der Waals surface area contributed by atoms with E-state index in [0.29, 0.717) is 45.4 Å². The minimum Gasteiger partial charge on any atom is -0.493 e. The van der Waals surface area contributed by atoms with Crippen LogP contribution in [0.15, 0.2) is 80.4 Å². The Bertz CT molecular complexity index is 1300. The number of ether oxygens (including phenoxy) is 2. The summed E-state index contributed by atoms with van der Waals surface area (Å²) in [7, 11) is 1.58. The van der Waals surface area contributed by atoms with Crippen molar-refractivity contribution in [1.29, 1.82) is 0 Å². The maximum absolute atomic E-state index is 14.2. The third-order valence-electron chi connectivity index (χ3n) is 5.08. The molecular formula is C27H26FN3O4S. The van der Waals surface area contributed by atoms with Crippen LogP contribution in [-0.2, 0) is 11.3 Å². The smallest absolute Gasteiger partial charge is 0.267 e. The molecule has 3 aromatic rings. The SMILES string of the molecule is COc1cc(/C=N\N=C2\S/C(=C\c3ccccc3F)C(=O)N2Cc2ccco2)ccc1OCC(C)C. The Morgan fingerprint density at radius 2 is 1.97 bits per heavy atom. The molecule has 1 fully saturated rings. The molecule has 0 aliphatic carbocycles. The highest BCUT2D eigenvalue weighted by Gasteiger charge is 2.34. The molecule has 2 aromatic carbocycles. The summed E-state index contributed by atoms with van der Waals surface area (Å²) in [5.74, 6) is 1.51. The van der Waals surface area contributed by atoms with Crippen LogP contribution in [0, 0.1) is 11.7 Å². The van der Waals surface area contributed by atoms with Crippen LogP contribution in [0.5, 0.6) is 11.5 Å². The molecule has 7 nitrogen and oxygen atoms in total. The highest BCUT2D eigenvalue weighted by atomic mass is 32.2. The number of carbonyl (C=O) groups excluding carboxylic acids is 1. The van der Waals surface area contributed by atoms with Crippen LogP contribution in [0.25, 0.3) is 6.08 Å². The number of hydrogen-bond donors (Lipinski definition) is 0. The molecule has 36 heavy (non-hydrogen) atoms. The molecule has 1 saturated heterocycles. The molecule has 2 heterocycles. The van der Waals surface area contributed by atoms with Gasteiger partial charge in [-0.1, -0.05) is 32.0 Å². The van der Waals surface area contributed by atoms with Gasteiger partial charge in [-0.15, -0.1) is 5.10 Å². The number of methoxy groups -OCH3 is 1. The minimum atomic E-state index is -0.408. The van der Waals surface area contributed by atoms with E-state index in [2.05, 4.69) is 24.1 Å². The first-order valence-corrected chi connectivity index (χ1v) is 12.2. The van der Waals surface area contributed by atoms with Crippen molar-refractivity contribution in [3.05, 3.63) is 88.5 Å². The number of amidine groups is 1. The fourth-order valence-electron chi connectivity index (χ4n) is 3.30. The zero-order chi connectivity index (χ0) is 25.5. The third-order valence-corrected chi connectivity index (χ3v) is 6.08. The molecular weight excluding hydrogens is 481 g/mol. The number of hydrogen-bond acceptors (Lipinski definition) is 7. The number of rotatable bonds is 9. The molecule has 0 atom stereocenters. The molecule has 1 aromatic heterocycles. The van der Waals surface area contributed by atoms with Crippen molar-refractivity contribution >= 4 is 35.1 Å². The second-order valence-electron chi connectivity index (χ2n) is 8.35. The normalized spacial score (nSPS) is 16.1. The van der Waals surface area contributed by atoms with Gasteiger partial charge in [0.15, 0.2) is 16.7 Å². The van der Waals surface area contributed by atoms with E-state index < -0.39 is 5.82 Å². The van der Waals surface area contributed by atoms with E-state index in [1.807, 2.05) is 12.1 Å². The first kappa shape index (κ1) is 25.2. The van der Waals surface area contributed by atoms with Crippen LogP contribution in [0.2, 0.25) is 0 Å². The monoisotopic (exact) mass is 507 g/mol. The van der Waals surface area contributed by atoms with Gasteiger partial charge in [-0.2, -0.15) is 5.10 Å². The Morgan fingerprint density at radius 1 is 1.14 bits per heavy atom. The van der Waals surface area contributed by atoms with Crippen molar-refractivity contribution in [1.82, 2.24) is 4.90 Å². The topological polar surface area (TPSA) is 76.6 Å². The molecule has 9 heteroatoms. The van der Waals surface area contributed by atoms with Crippen molar-refractivity contribution in [3.63, 3.8) is 0 Å².